The van der Waals surface area contributed by atoms with E-state index in [0.717, 1.165) is 12.8 Å². The molecule has 0 bridgehead atoms. The Morgan fingerprint density at radius 3 is 2.96 bits per heavy atom. The molecule has 3 heterocycles. The van der Waals surface area contributed by atoms with E-state index in [9.17, 15) is 9.59 Å². The summed E-state index contributed by atoms with van der Waals surface area (Å²) in [6.45, 7) is 4.76. The van der Waals surface area contributed by atoms with Crippen molar-refractivity contribution in [2.75, 3.05) is 6.54 Å². The number of amides is 1. The van der Waals surface area contributed by atoms with Crippen LogP contribution in [0.4, 0.5) is 0 Å². The average molecular weight is 387 g/mol. The Kier molecular flexibility index (Phi) is 5.19. The lowest BCUT2D eigenvalue weighted by Gasteiger charge is -2.39. The van der Waals surface area contributed by atoms with Crippen LogP contribution in [0.1, 0.15) is 45.4 Å². The van der Waals surface area contributed by atoms with Crippen molar-refractivity contribution >= 4 is 11.9 Å². The first kappa shape index (κ1) is 18.7. The summed E-state index contributed by atoms with van der Waals surface area (Å²) in [5.41, 5.74) is 0. The van der Waals surface area contributed by atoms with Crippen molar-refractivity contribution in [2.45, 2.75) is 52.2 Å². The lowest BCUT2D eigenvalue weighted by Crippen LogP contribution is -2.45. The summed E-state index contributed by atoms with van der Waals surface area (Å²) in [7, 11) is 0. The van der Waals surface area contributed by atoms with Crippen LogP contribution in [0.25, 0.3) is 11.7 Å². The van der Waals surface area contributed by atoms with Gasteiger partial charge in [0.2, 0.25) is 5.91 Å². The second kappa shape index (κ2) is 7.77. The number of esters is 1. The number of likely N-dealkylation sites (tertiary alicyclic amines) is 1. The van der Waals surface area contributed by atoms with Gasteiger partial charge in [-0.1, -0.05) is 26.7 Å². The van der Waals surface area contributed by atoms with Gasteiger partial charge in [-0.2, -0.15) is 0 Å². The summed E-state index contributed by atoms with van der Waals surface area (Å²) in [5, 5.41) is 7.73. The van der Waals surface area contributed by atoms with Gasteiger partial charge in [-0.25, -0.2) is 0 Å². The lowest BCUT2D eigenvalue weighted by atomic mass is 9.77. The highest BCUT2D eigenvalue weighted by atomic mass is 16.5. The van der Waals surface area contributed by atoms with Crippen LogP contribution < -0.4 is 0 Å². The topological polar surface area (TPSA) is 98.7 Å². The minimum Gasteiger partial charge on any atom is -0.459 e. The standard InChI is InChI=1S/C20H25N3O5/c1-12-5-3-6-15(13(12)2)23-10-14(9-18(23)24)20(25)27-11-17-21-22-19(28-17)16-7-4-8-26-16/h4,7-8,12-15H,3,5-6,9-11H2,1-2H3/t12-,13+,14+,15+/m0/s1. The summed E-state index contributed by atoms with van der Waals surface area (Å²) < 4.78 is 16.0. The Morgan fingerprint density at radius 1 is 1.32 bits per heavy atom. The highest BCUT2D eigenvalue weighted by molar-refractivity contribution is 5.87. The smallest absolute Gasteiger partial charge is 0.311 e. The number of nitrogens with zero attached hydrogens (tertiary/aromatic N) is 3. The predicted octanol–water partition coefficient (Wildman–Crippen LogP) is 3.05. The first-order chi connectivity index (χ1) is 13.5. The molecule has 1 saturated heterocycles. The molecule has 150 valence electrons. The van der Waals surface area contributed by atoms with Crippen LogP contribution >= 0.6 is 0 Å². The van der Waals surface area contributed by atoms with Crippen molar-refractivity contribution in [3.05, 3.63) is 24.3 Å². The third kappa shape index (κ3) is 3.68. The van der Waals surface area contributed by atoms with Crippen LogP contribution in [0.5, 0.6) is 0 Å². The Balaban J connectivity index is 1.32. The monoisotopic (exact) mass is 387 g/mol. The molecule has 0 radical (unpaired) electrons. The van der Waals surface area contributed by atoms with Gasteiger partial charge in [-0.3, -0.25) is 9.59 Å². The van der Waals surface area contributed by atoms with Crippen LogP contribution in [0.15, 0.2) is 27.2 Å². The van der Waals surface area contributed by atoms with Gasteiger partial charge in [0.1, 0.15) is 0 Å². The van der Waals surface area contributed by atoms with E-state index in [1.54, 1.807) is 12.1 Å². The van der Waals surface area contributed by atoms with E-state index in [4.69, 9.17) is 13.6 Å². The molecule has 8 heteroatoms. The maximum Gasteiger partial charge on any atom is 0.311 e. The fraction of sp³-hybridized carbons (Fsp3) is 0.600. The van der Waals surface area contributed by atoms with Gasteiger partial charge in [0, 0.05) is 19.0 Å². The molecule has 4 atom stereocenters. The van der Waals surface area contributed by atoms with Gasteiger partial charge < -0.3 is 18.5 Å². The number of furan rings is 1. The molecular formula is C20H25N3O5. The fourth-order valence-electron chi connectivity index (χ4n) is 4.27. The SMILES string of the molecule is C[C@H]1[C@H](N2C[C@H](C(=O)OCc3nnc(-c4ccco4)o3)CC2=O)CCC[C@@H]1C. The average Bonchev–Trinajstić information content (AvgIpc) is 3.42. The molecule has 2 aromatic rings. The largest absolute Gasteiger partial charge is 0.459 e. The Morgan fingerprint density at radius 2 is 2.18 bits per heavy atom. The van der Waals surface area contributed by atoms with Crippen molar-refractivity contribution in [2.24, 2.45) is 17.8 Å². The molecule has 0 N–H and O–H groups in total. The van der Waals surface area contributed by atoms with Gasteiger partial charge in [0.15, 0.2) is 12.4 Å². The molecule has 28 heavy (non-hydrogen) atoms. The normalized spacial score (nSPS) is 27.9. The van der Waals surface area contributed by atoms with Crippen molar-refractivity contribution < 1.29 is 23.2 Å². The van der Waals surface area contributed by atoms with Crippen LogP contribution in [0, 0.1) is 17.8 Å². The summed E-state index contributed by atoms with van der Waals surface area (Å²) >= 11 is 0. The minimum atomic E-state index is -0.440. The first-order valence-electron chi connectivity index (χ1n) is 9.85. The number of carbonyl (C=O) groups excluding carboxylic acids is 2. The minimum absolute atomic E-state index is 0.0470. The summed E-state index contributed by atoms with van der Waals surface area (Å²) in [4.78, 5) is 26.9. The second-order valence-corrected chi connectivity index (χ2v) is 7.87. The third-order valence-corrected chi connectivity index (χ3v) is 6.09. The van der Waals surface area contributed by atoms with Gasteiger partial charge >= 0.3 is 5.97 Å². The van der Waals surface area contributed by atoms with Crippen LogP contribution in [-0.4, -0.2) is 39.6 Å². The van der Waals surface area contributed by atoms with E-state index in [1.165, 1.54) is 12.7 Å². The second-order valence-electron chi connectivity index (χ2n) is 7.87. The van der Waals surface area contributed by atoms with Crippen molar-refractivity contribution in [3.8, 4) is 11.7 Å². The number of ether oxygens (including phenoxy) is 1. The first-order valence-corrected chi connectivity index (χ1v) is 9.85. The van der Waals surface area contributed by atoms with E-state index in [0.29, 0.717) is 24.1 Å². The Bertz CT molecular complexity index is 831. The third-order valence-electron chi connectivity index (χ3n) is 6.09. The van der Waals surface area contributed by atoms with Gasteiger partial charge in [0.05, 0.1) is 12.2 Å². The van der Waals surface area contributed by atoms with Crippen LogP contribution in [0.3, 0.4) is 0 Å². The van der Waals surface area contributed by atoms with Crippen LogP contribution in [0.2, 0.25) is 0 Å². The summed E-state index contributed by atoms with van der Waals surface area (Å²) in [5.74, 6) is 1.14. The predicted molar refractivity (Wildman–Crippen MR) is 97.6 cm³/mol. The molecule has 8 nitrogen and oxygen atoms in total. The van der Waals surface area contributed by atoms with E-state index >= 15 is 0 Å². The van der Waals surface area contributed by atoms with E-state index in [-0.39, 0.29) is 36.8 Å². The number of aromatic nitrogens is 2. The molecule has 2 fully saturated rings. The number of hydrogen-bond acceptors (Lipinski definition) is 7. The molecule has 2 aromatic heterocycles. The molecule has 4 rings (SSSR count). The Hall–Kier alpha value is -2.64. The zero-order chi connectivity index (χ0) is 19.7. The summed E-state index contributed by atoms with van der Waals surface area (Å²) in [6, 6.07) is 3.64. The van der Waals surface area contributed by atoms with Gasteiger partial charge in [-0.15, -0.1) is 10.2 Å². The van der Waals surface area contributed by atoms with Gasteiger partial charge in [0.25, 0.3) is 11.8 Å². The number of carbonyl (C=O) groups is 2. The zero-order valence-electron chi connectivity index (χ0n) is 16.2. The molecule has 2 aliphatic rings. The lowest BCUT2D eigenvalue weighted by molar-refractivity contribution is -0.150. The van der Waals surface area contributed by atoms with Crippen molar-refractivity contribution in [1.29, 1.82) is 0 Å². The molecule has 0 spiro atoms. The number of rotatable bonds is 5. The molecule has 0 aromatic carbocycles. The van der Waals surface area contributed by atoms with E-state index in [1.807, 2.05) is 4.90 Å². The van der Waals surface area contributed by atoms with E-state index < -0.39 is 11.9 Å². The zero-order valence-corrected chi connectivity index (χ0v) is 16.2. The van der Waals surface area contributed by atoms with Crippen molar-refractivity contribution in [1.82, 2.24) is 15.1 Å². The molecule has 1 aliphatic carbocycles. The van der Waals surface area contributed by atoms with E-state index in [2.05, 4.69) is 24.0 Å². The van der Waals surface area contributed by atoms with Crippen molar-refractivity contribution in [3.63, 3.8) is 0 Å². The highest BCUT2D eigenvalue weighted by Crippen LogP contribution is 2.36. The molecule has 1 aliphatic heterocycles. The van der Waals surface area contributed by atoms with Gasteiger partial charge in [-0.05, 0) is 30.4 Å². The highest BCUT2D eigenvalue weighted by Gasteiger charge is 2.42. The molecular weight excluding hydrogens is 362 g/mol. The molecule has 0 unspecified atom stereocenters. The maximum absolute atomic E-state index is 12.5. The summed E-state index contributed by atoms with van der Waals surface area (Å²) in [6.07, 6.45) is 5.06. The van der Waals surface area contributed by atoms with Crippen LogP contribution in [-0.2, 0) is 20.9 Å². The fourth-order valence-corrected chi connectivity index (χ4v) is 4.27. The quantitative estimate of drug-likeness (QED) is 0.727. The number of hydrogen-bond donors (Lipinski definition) is 0. The molecule has 1 saturated carbocycles. The Labute approximate surface area is 163 Å². The maximum atomic E-state index is 12.5. The molecule has 1 amide bonds.